The number of thioether (sulfide) groups is 1. The summed E-state index contributed by atoms with van der Waals surface area (Å²) in [6.45, 7) is 0. The van der Waals surface area contributed by atoms with Gasteiger partial charge in [0.05, 0.1) is 6.07 Å². The number of rotatable bonds is 2. The van der Waals surface area contributed by atoms with E-state index in [9.17, 15) is 0 Å². The molecule has 44 valence electrons. The number of hydrogen-bond acceptors (Lipinski definition) is 3. The van der Waals surface area contributed by atoms with Gasteiger partial charge in [-0.3, -0.25) is 0 Å². The van der Waals surface area contributed by atoms with Crippen molar-refractivity contribution in [2.45, 2.75) is 6.42 Å². The van der Waals surface area contributed by atoms with Crippen LogP contribution in [-0.4, -0.2) is 10.1 Å². The van der Waals surface area contributed by atoms with Crippen LogP contribution >= 0.6 is 24.0 Å². The van der Waals surface area contributed by atoms with Crippen LogP contribution in [0.3, 0.4) is 0 Å². The molecule has 0 aliphatic carbocycles. The van der Waals surface area contributed by atoms with Crippen LogP contribution in [0.1, 0.15) is 6.42 Å². The summed E-state index contributed by atoms with van der Waals surface area (Å²) in [5, 5.41) is 8.03. The second kappa shape index (κ2) is 4.88. The lowest BCUT2D eigenvalue weighted by Crippen LogP contribution is -2.02. The maximum atomic E-state index is 8.03. The summed E-state index contributed by atoms with van der Waals surface area (Å²) in [4.78, 5) is 0. The van der Waals surface area contributed by atoms with Crippen molar-refractivity contribution < 1.29 is 0 Å². The Morgan fingerprint density at radius 1 is 1.88 bits per heavy atom. The van der Waals surface area contributed by atoms with Crippen LogP contribution in [0.2, 0.25) is 0 Å². The zero-order valence-electron chi connectivity index (χ0n) is 4.26. The summed E-state index contributed by atoms with van der Waals surface area (Å²) in [6.07, 6.45) is 0.516. The molecule has 0 aliphatic heterocycles. The smallest absolute Gasteiger partial charge is 0.131 e. The highest BCUT2D eigenvalue weighted by molar-refractivity contribution is 8.22. The van der Waals surface area contributed by atoms with Crippen LogP contribution in [0.5, 0.6) is 0 Å². The van der Waals surface area contributed by atoms with Crippen molar-refractivity contribution in [3.8, 4) is 6.07 Å². The second-order valence-corrected chi connectivity index (χ2v) is 2.91. The summed E-state index contributed by atoms with van der Waals surface area (Å²) < 4.78 is 0.417. The Hall–Kier alpha value is -0.270. The lowest BCUT2D eigenvalue weighted by atomic mass is 10.6. The molecule has 0 aliphatic rings. The van der Waals surface area contributed by atoms with Gasteiger partial charge in [-0.25, -0.2) is 0 Å². The normalized spacial score (nSPS) is 7.88. The zero-order chi connectivity index (χ0) is 6.41. The fourth-order valence-corrected chi connectivity index (χ4v) is 0.842. The van der Waals surface area contributed by atoms with E-state index in [1.165, 1.54) is 11.8 Å². The van der Waals surface area contributed by atoms with Gasteiger partial charge in [0.15, 0.2) is 0 Å². The van der Waals surface area contributed by atoms with Gasteiger partial charge in [0.25, 0.3) is 0 Å². The summed E-state index contributed by atoms with van der Waals surface area (Å²) in [5.41, 5.74) is 5.12. The van der Waals surface area contributed by atoms with E-state index >= 15 is 0 Å². The first kappa shape index (κ1) is 7.73. The van der Waals surface area contributed by atoms with E-state index in [4.69, 9.17) is 11.0 Å². The Kier molecular flexibility index (Phi) is 4.71. The predicted molar refractivity (Wildman–Crippen MR) is 39.5 cm³/mol. The van der Waals surface area contributed by atoms with E-state index in [1.807, 2.05) is 6.07 Å². The van der Waals surface area contributed by atoms with Gasteiger partial charge in [-0.2, -0.15) is 5.26 Å². The first-order chi connectivity index (χ1) is 3.77. The topological polar surface area (TPSA) is 49.8 Å². The van der Waals surface area contributed by atoms with Crippen molar-refractivity contribution >= 4 is 28.3 Å². The monoisotopic (exact) mass is 146 g/mol. The first-order valence-corrected chi connectivity index (χ1v) is 3.46. The van der Waals surface area contributed by atoms with E-state index in [1.54, 1.807) is 0 Å². The SMILES string of the molecule is N#CCCSC(N)=S. The highest BCUT2D eigenvalue weighted by Gasteiger charge is 1.87. The number of nitrogens with two attached hydrogens (primary N) is 1. The fraction of sp³-hybridized carbons (Fsp3) is 0.500. The third-order valence-electron chi connectivity index (χ3n) is 0.458. The molecule has 4 heteroatoms. The van der Waals surface area contributed by atoms with Crippen molar-refractivity contribution in [3.05, 3.63) is 0 Å². The maximum Gasteiger partial charge on any atom is 0.131 e. The van der Waals surface area contributed by atoms with E-state index in [0.717, 1.165) is 0 Å². The van der Waals surface area contributed by atoms with Crippen LogP contribution < -0.4 is 5.73 Å². The average Bonchev–Trinajstić information content (AvgIpc) is 1.66. The van der Waals surface area contributed by atoms with Gasteiger partial charge in [0, 0.05) is 12.2 Å². The van der Waals surface area contributed by atoms with Crippen molar-refractivity contribution in [2.75, 3.05) is 5.75 Å². The van der Waals surface area contributed by atoms with Gasteiger partial charge in [0.1, 0.15) is 4.32 Å². The van der Waals surface area contributed by atoms with Crippen molar-refractivity contribution in [1.29, 1.82) is 5.26 Å². The second-order valence-electron chi connectivity index (χ2n) is 1.08. The average molecular weight is 146 g/mol. The molecular formula is C4H6N2S2. The molecule has 0 aromatic heterocycles. The van der Waals surface area contributed by atoms with Gasteiger partial charge >= 0.3 is 0 Å². The number of nitrogens with zero attached hydrogens (tertiary/aromatic N) is 1. The highest BCUT2D eigenvalue weighted by Crippen LogP contribution is 1.99. The van der Waals surface area contributed by atoms with Gasteiger partial charge in [0.2, 0.25) is 0 Å². The molecule has 0 fully saturated rings. The highest BCUT2D eigenvalue weighted by atomic mass is 32.2. The summed E-state index contributed by atoms with van der Waals surface area (Å²) >= 11 is 5.88. The lowest BCUT2D eigenvalue weighted by Gasteiger charge is -1.88. The van der Waals surface area contributed by atoms with Crippen molar-refractivity contribution in [1.82, 2.24) is 0 Å². The minimum absolute atomic E-state index is 0.417. The van der Waals surface area contributed by atoms with E-state index in [0.29, 0.717) is 16.5 Å². The summed E-state index contributed by atoms with van der Waals surface area (Å²) in [6, 6.07) is 1.99. The van der Waals surface area contributed by atoms with Gasteiger partial charge in [-0.05, 0) is 0 Å². The van der Waals surface area contributed by atoms with Crippen LogP contribution in [-0.2, 0) is 0 Å². The third kappa shape index (κ3) is 5.73. The van der Waals surface area contributed by atoms with Crippen LogP contribution in [0.4, 0.5) is 0 Å². The Bertz CT molecular complexity index is 116. The predicted octanol–water partition coefficient (Wildman–Crippen LogP) is 0.877. The molecular weight excluding hydrogens is 140 g/mol. The number of thiocarbonyl (C=S) groups is 1. The third-order valence-corrected chi connectivity index (χ3v) is 1.50. The Labute approximate surface area is 58.0 Å². The van der Waals surface area contributed by atoms with Crippen LogP contribution in [0.25, 0.3) is 0 Å². The largest absolute Gasteiger partial charge is 0.385 e. The molecule has 0 aromatic carbocycles. The molecule has 0 radical (unpaired) electrons. The molecule has 0 rings (SSSR count). The van der Waals surface area contributed by atoms with E-state index in [-0.39, 0.29) is 0 Å². The minimum atomic E-state index is 0.417. The summed E-state index contributed by atoms with van der Waals surface area (Å²) in [7, 11) is 0. The molecule has 0 saturated carbocycles. The molecule has 0 saturated heterocycles. The summed E-state index contributed by atoms with van der Waals surface area (Å²) in [5.74, 6) is 0.714. The Morgan fingerprint density at radius 2 is 2.50 bits per heavy atom. The molecule has 0 amide bonds. The number of nitriles is 1. The molecule has 0 bridgehead atoms. The molecule has 8 heavy (non-hydrogen) atoms. The Morgan fingerprint density at radius 3 is 2.88 bits per heavy atom. The zero-order valence-corrected chi connectivity index (χ0v) is 5.89. The number of hydrogen-bond donors (Lipinski definition) is 1. The molecule has 0 aromatic rings. The standard InChI is InChI=1S/C4H6N2S2/c5-2-1-3-8-4(6)7/h1,3H2,(H2,6,7). The minimum Gasteiger partial charge on any atom is -0.385 e. The molecule has 2 N–H and O–H groups in total. The van der Waals surface area contributed by atoms with Crippen LogP contribution in [0.15, 0.2) is 0 Å². The van der Waals surface area contributed by atoms with Gasteiger partial charge in [-0.15, -0.1) is 0 Å². The fourth-order valence-electron chi connectivity index (χ4n) is 0.197. The van der Waals surface area contributed by atoms with Crippen molar-refractivity contribution in [3.63, 3.8) is 0 Å². The molecule has 0 unspecified atom stereocenters. The van der Waals surface area contributed by atoms with E-state index < -0.39 is 0 Å². The molecule has 0 heterocycles. The maximum absolute atomic E-state index is 8.03. The molecule has 0 spiro atoms. The van der Waals surface area contributed by atoms with E-state index in [2.05, 4.69) is 12.2 Å². The van der Waals surface area contributed by atoms with Gasteiger partial charge < -0.3 is 5.73 Å². The molecule has 2 nitrogen and oxygen atoms in total. The molecule has 0 atom stereocenters. The lowest BCUT2D eigenvalue weighted by molar-refractivity contribution is 1.25. The van der Waals surface area contributed by atoms with Crippen molar-refractivity contribution in [2.24, 2.45) is 5.73 Å². The quantitative estimate of drug-likeness (QED) is 0.464. The van der Waals surface area contributed by atoms with Gasteiger partial charge in [-0.1, -0.05) is 24.0 Å². The van der Waals surface area contributed by atoms with Crippen LogP contribution in [0, 0.1) is 11.3 Å². The Balaban J connectivity index is 2.97. The first-order valence-electron chi connectivity index (χ1n) is 2.06.